The minimum atomic E-state index is -0.479. The zero-order valence-corrected chi connectivity index (χ0v) is 13.4. The molecule has 1 amide bonds. The van der Waals surface area contributed by atoms with E-state index >= 15 is 0 Å². The normalized spacial score (nSPS) is 11.1. The molecule has 0 fully saturated rings. The summed E-state index contributed by atoms with van der Waals surface area (Å²) in [5.74, 6) is -0.848. The first-order chi connectivity index (χ1) is 10.5. The third-order valence-corrected chi connectivity index (χ3v) is 4.33. The monoisotopic (exact) mass is 338 g/mol. The number of carbonyl (C=O) groups excluding carboxylic acids is 1. The summed E-state index contributed by atoms with van der Waals surface area (Å²) in [5, 5.41) is 8.10. The van der Waals surface area contributed by atoms with Gasteiger partial charge in [-0.25, -0.2) is 13.9 Å². The lowest BCUT2D eigenvalue weighted by atomic mass is 10.2. The number of rotatable bonds is 3. The van der Waals surface area contributed by atoms with E-state index in [9.17, 15) is 9.18 Å². The van der Waals surface area contributed by atoms with E-state index in [0.717, 1.165) is 27.4 Å². The van der Waals surface area contributed by atoms with Gasteiger partial charge in [-0.3, -0.25) is 4.79 Å². The summed E-state index contributed by atoms with van der Waals surface area (Å²) < 4.78 is 14.7. The van der Waals surface area contributed by atoms with Crippen molar-refractivity contribution in [3.05, 3.63) is 51.0 Å². The van der Waals surface area contributed by atoms with Gasteiger partial charge in [0.05, 0.1) is 28.5 Å². The third kappa shape index (κ3) is 2.69. The van der Waals surface area contributed by atoms with E-state index in [1.807, 2.05) is 13.8 Å². The standard InChI is InChI=1S/C14H12ClFN4OS/c1-7-12(20-14(18-7)22-8(2)19-20)6-17-13(21)10-4-3-9(16)5-11(10)15/h3-5H,6H2,1-2H3,(H,17,21). The van der Waals surface area contributed by atoms with Crippen LogP contribution in [0.1, 0.15) is 26.8 Å². The number of fused-ring (bicyclic) bond motifs is 1. The molecule has 114 valence electrons. The second kappa shape index (κ2) is 5.66. The highest BCUT2D eigenvalue weighted by Crippen LogP contribution is 2.19. The molecule has 0 unspecified atom stereocenters. The van der Waals surface area contributed by atoms with Crippen LogP contribution in [0.5, 0.6) is 0 Å². The molecule has 2 heterocycles. The quantitative estimate of drug-likeness (QED) is 0.798. The lowest BCUT2D eigenvalue weighted by Gasteiger charge is -2.06. The molecule has 0 atom stereocenters. The van der Waals surface area contributed by atoms with Crippen molar-refractivity contribution in [2.45, 2.75) is 20.4 Å². The first-order valence-corrected chi connectivity index (χ1v) is 7.70. The first-order valence-electron chi connectivity index (χ1n) is 6.50. The average Bonchev–Trinajstić information content (AvgIpc) is 2.91. The Labute approximate surface area is 134 Å². The highest BCUT2D eigenvalue weighted by molar-refractivity contribution is 7.16. The fourth-order valence-electron chi connectivity index (χ4n) is 2.12. The summed E-state index contributed by atoms with van der Waals surface area (Å²) in [6.45, 7) is 4.03. The van der Waals surface area contributed by atoms with Gasteiger partial charge in [-0.1, -0.05) is 22.9 Å². The number of hydrogen-bond acceptors (Lipinski definition) is 4. The van der Waals surface area contributed by atoms with Crippen LogP contribution in [0.15, 0.2) is 18.2 Å². The van der Waals surface area contributed by atoms with Crippen molar-refractivity contribution in [1.82, 2.24) is 19.9 Å². The molecule has 0 radical (unpaired) electrons. The molecule has 1 N–H and O–H groups in total. The van der Waals surface area contributed by atoms with Gasteiger partial charge in [-0.15, -0.1) is 0 Å². The highest BCUT2D eigenvalue weighted by Gasteiger charge is 2.15. The molecule has 0 bridgehead atoms. The van der Waals surface area contributed by atoms with Crippen molar-refractivity contribution < 1.29 is 9.18 Å². The Morgan fingerprint density at radius 1 is 1.45 bits per heavy atom. The molecular weight excluding hydrogens is 327 g/mol. The average molecular weight is 339 g/mol. The Balaban J connectivity index is 1.81. The van der Waals surface area contributed by atoms with Gasteiger partial charge in [-0.2, -0.15) is 5.10 Å². The molecule has 0 saturated carbocycles. The van der Waals surface area contributed by atoms with Gasteiger partial charge in [-0.05, 0) is 32.0 Å². The molecule has 0 aliphatic rings. The Bertz CT molecular complexity index is 873. The minimum absolute atomic E-state index is 0.0807. The number of nitrogens with one attached hydrogen (secondary N) is 1. The van der Waals surface area contributed by atoms with E-state index in [2.05, 4.69) is 15.4 Å². The summed E-state index contributed by atoms with van der Waals surface area (Å²) in [6.07, 6.45) is 0. The molecule has 3 aromatic rings. The fraction of sp³-hybridized carbons (Fsp3) is 0.214. The first kappa shape index (κ1) is 14.9. The van der Waals surface area contributed by atoms with Gasteiger partial charge in [0.1, 0.15) is 10.8 Å². The maximum atomic E-state index is 13.0. The largest absolute Gasteiger partial charge is 0.346 e. The van der Waals surface area contributed by atoms with Crippen molar-refractivity contribution in [1.29, 1.82) is 0 Å². The van der Waals surface area contributed by atoms with Gasteiger partial charge in [0, 0.05) is 0 Å². The number of nitrogens with zero attached hydrogens (tertiary/aromatic N) is 3. The van der Waals surface area contributed by atoms with Gasteiger partial charge < -0.3 is 5.32 Å². The lowest BCUT2D eigenvalue weighted by molar-refractivity contribution is 0.0950. The smallest absolute Gasteiger partial charge is 0.253 e. The summed E-state index contributed by atoms with van der Waals surface area (Å²) in [5.41, 5.74) is 1.85. The molecule has 0 saturated heterocycles. The van der Waals surface area contributed by atoms with Crippen LogP contribution < -0.4 is 5.32 Å². The Morgan fingerprint density at radius 2 is 2.23 bits per heavy atom. The van der Waals surface area contributed by atoms with Crippen LogP contribution in [-0.4, -0.2) is 20.5 Å². The second-order valence-corrected chi connectivity index (χ2v) is 6.33. The van der Waals surface area contributed by atoms with Crippen LogP contribution in [0.2, 0.25) is 5.02 Å². The van der Waals surface area contributed by atoms with Crippen molar-refractivity contribution in [2.24, 2.45) is 0 Å². The van der Waals surface area contributed by atoms with E-state index in [4.69, 9.17) is 11.6 Å². The number of aromatic nitrogens is 3. The van der Waals surface area contributed by atoms with E-state index in [1.54, 1.807) is 4.52 Å². The maximum absolute atomic E-state index is 13.0. The fourth-order valence-corrected chi connectivity index (χ4v) is 3.18. The van der Waals surface area contributed by atoms with Crippen LogP contribution in [0, 0.1) is 19.7 Å². The van der Waals surface area contributed by atoms with E-state index < -0.39 is 5.82 Å². The SMILES string of the molecule is Cc1nn2c(CNC(=O)c3ccc(F)cc3Cl)c(C)nc2s1. The number of benzene rings is 1. The van der Waals surface area contributed by atoms with Gasteiger partial charge in [0.2, 0.25) is 4.96 Å². The molecule has 2 aromatic heterocycles. The van der Waals surface area contributed by atoms with Crippen molar-refractivity contribution >= 4 is 33.8 Å². The van der Waals surface area contributed by atoms with Crippen LogP contribution in [-0.2, 0) is 6.54 Å². The van der Waals surface area contributed by atoms with E-state index in [0.29, 0.717) is 0 Å². The number of aryl methyl sites for hydroxylation is 2. The summed E-state index contributed by atoms with van der Waals surface area (Å²) in [7, 11) is 0. The van der Waals surface area contributed by atoms with Gasteiger partial charge >= 0.3 is 0 Å². The Morgan fingerprint density at radius 3 is 2.95 bits per heavy atom. The maximum Gasteiger partial charge on any atom is 0.253 e. The van der Waals surface area contributed by atoms with Crippen molar-refractivity contribution in [3.8, 4) is 0 Å². The third-order valence-electron chi connectivity index (χ3n) is 3.19. The van der Waals surface area contributed by atoms with Gasteiger partial charge in [0.25, 0.3) is 5.91 Å². The molecule has 1 aromatic carbocycles. The zero-order chi connectivity index (χ0) is 15.9. The summed E-state index contributed by atoms with van der Waals surface area (Å²) in [4.78, 5) is 17.4. The molecule has 5 nitrogen and oxygen atoms in total. The lowest BCUT2D eigenvalue weighted by Crippen LogP contribution is -2.24. The predicted molar refractivity (Wildman–Crippen MR) is 82.9 cm³/mol. The summed E-state index contributed by atoms with van der Waals surface area (Å²) in [6, 6.07) is 3.67. The van der Waals surface area contributed by atoms with Crippen molar-refractivity contribution in [2.75, 3.05) is 0 Å². The van der Waals surface area contributed by atoms with Crippen LogP contribution >= 0.6 is 22.9 Å². The second-order valence-electron chi connectivity index (χ2n) is 4.77. The molecule has 0 aliphatic carbocycles. The van der Waals surface area contributed by atoms with Crippen LogP contribution in [0.4, 0.5) is 4.39 Å². The van der Waals surface area contributed by atoms with E-state index in [1.165, 1.54) is 23.5 Å². The van der Waals surface area contributed by atoms with Crippen LogP contribution in [0.25, 0.3) is 4.96 Å². The zero-order valence-electron chi connectivity index (χ0n) is 11.9. The molecule has 8 heteroatoms. The predicted octanol–water partition coefficient (Wildman–Crippen LogP) is 3.13. The minimum Gasteiger partial charge on any atom is -0.346 e. The highest BCUT2D eigenvalue weighted by atomic mass is 35.5. The number of carbonyl (C=O) groups is 1. The number of amides is 1. The molecule has 0 spiro atoms. The Kier molecular flexibility index (Phi) is 3.84. The van der Waals surface area contributed by atoms with Gasteiger partial charge in [0.15, 0.2) is 0 Å². The van der Waals surface area contributed by atoms with Crippen molar-refractivity contribution in [3.63, 3.8) is 0 Å². The Hall–Kier alpha value is -1.99. The summed E-state index contributed by atoms with van der Waals surface area (Å²) >= 11 is 7.37. The number of halogens is 2. The molecule has 3 rings (SSSR count). The molecule has 22 heavy (non-hydrogen) atoms. The van der Waals surface area contributed by atoms with Crippen LogP contribution in [0.3, 0.4) is 0 Å². The molecule has 0 aliphatic heterocycles. The topological polar surface area (TPSA) is 59.3 Å². The number of hydrogen-bond donors (Lipinski definition) is 1. The van der Waals surface area contributed by atoms with E-state index in [-0.39, 0.29) is 23.0 Å². The molecular formula is C14H12ClFN4OS. The number of imidazole rings is 1.